The minimum Gasteiger partial charge on any atom is -0.423 e. The Morgan fingerprint density at radius 1 is 1.39 bits per heavy atom. The molecule has 6 heteroatoms. The van der Waals surface area contributed by atoms with Crippen LogP contribution in [0.15, 0.2) is 44.7 Å². The standard InChI is InChI=1S/C12H10N2O4/c1-7(15)18-14-12(13)9-6-11(16)17-10-5-3-2-4-8(9)10/h2-6H,1H3,(H2,13,14). The largest absolute Gasteiger partial charge is 0.423 e. The number of para-hydroxylation sites is 1. The average Bonchev–Trinajstić information content (AvgIpc) is 2.34. The molecule has 0 atom stereocenters. The molecule has 0 aliphatic carbocycles. The monoisotopic (exact) mass is 246 g/mol. The average molecular weight is 246 g/mol. The summed E-state index contributed by atoms with van der Waals surface area (Å²) in [6.07, 6.45) is 0. The summed E-state index contributed by atoms with van der Waals surface area (Å²) in [5.41, 5.74) is 5.87. The minimum absolute atomic E-state index is 0.0608. The van der Waals surface area contributed by atoms with Crippen molar-refractivity contribution in [3.05, 3.63) is 46.3 Å². The van der Waals surface area contributed by atoms with E-state index in [2.05, 4.69) is 9.99 Å². The summed E-state index contributed by atoms with van der Waals surface area (Å²) in [6, 6.07) is 8.06. The molecule has 1 heterocycles. The first-order valence-corrected chi connectivity index (χ1v) is 5.12. The van der Waals surface area contributed by atoms with Crippen molar-refractivity contribution in [2.24, 2.45) is 10.9 Å². The zero-order valence-corrected chi connectivity index (χ0v) is 9.54. The Labute approximate surface area is 102 Å². The molecule has 2 N–H and O–H groups in total. The third-order valence-corrected chi connectivity index (χ3v) is 2.20. The molecule has 18 heavy (non-hydrogen) atoms. The highest BCUT2D eigenvalue weighted by Gasteiger charge is 2.09. The second-order valence-corrected chi connectivity index (χ2v) is 3.53. The Balaban J connectivity index is 2.59. The van der Waals surface area contributed by atoms with E-state index in [0.717, 1.165) is 0 Å². The van der Waals surface area contributed by atoms with Crippen LogP contribution in [0.4, 0.5) is 0 Å². The van der Waals surface area contributed by atoms with Crippen LogP contribution in [0, 0.1) is 0 Å². The van der Waals surface area contributed by atoms with Gasteiger partial charge in [-0.05, 0) is 6.07 Å². The molecule has 0 amide bonds. The van der Waals surface area contributed by atoms with Crippen molar-refractivity contribution in [3.8, 4) is 0 Å². The Hall–Kier alpha value is -2.63. The summed E-state index contributed by atoms with van der Waals surface area (Å²) in [6.45, 7) is 1.20. The molecule has 1 aromatic heterocycles. The lowest BCUT2D eigenvalue weighted by atomic mass is 10.1. The molecule has 0 unspecified atom stereocenters. The maximum atomic E-state index is 11.4. The smallest absolute Gasteiger partial charge is 0.336 e. The van der Waals surface area contributed by atoms with Gasteiger partial charge in [0.25, 0.3) is 0 Å². The van der Waals surface area contributed by atoms with Crippen LogP contribution in [0.2, 0.25) is 0 Å². The molecule has 2 rings (SSSR count). The van der Waals surface area contributed by atoms with Crippen molar-refractivity contribution in [2.45, 2.75) is 6.92 Å². The number of hydrogen-bond donors (Lipinski definition) is 1. The molecular weight excluding hydrogens is 236 g/mol. The van der Waals surface area contributed by atoms with Crippen LogP contribution in [0.1, 0.15) is 12.5 Å². The van der Waals surface area contributed by atoms with E-state index in [4.69, 9.17) is 10.2 Å². The molecule has 0 saturated heterocycles. The molecule has 0 fully saturated rings. The van der Waals surface area contributed by atoms with Gasteiger partial charge in [0.05, 0.1) is 0 Å². The van der Waals surface area contributed by atoms with Gasteiger partial charge in [-0.3, -0.25) is 0 Å². The fourth-order valence-electron chi connectivity index (χ4n) is 1.49. The fraction of sp³-hybridized carbons (Fsp3) is 0.0833. The summed E-state index contributed by atoms with van der Waals surface area (Å²) in [4.78, 5) is 26.4. The van der Waals surface area contributed by atoms with Crippen LogP contribution in [-0.2, 0) is 9.63 Å². The van der Waals surface area contributed by atoms with Crippen LogP contribution >= 0.6 is 0 Å². The van der Waals surface area contributed by atoms with E-state index in [0.29, 0.717) is 16.5 Å². The van der Waals surface area contributed by atoms with Crippen LogP contribution in [0.3, 0.4) is 0 Å². The van der Waals surface area contributed by atoms with E-state index in [1.165, 1.54) is 13.0 Å². The molecule has 0 radical (unpaired) electrons. The first-order valence-electron chi connectivity index (χ1n) is 5.12. The van der Waals surface area contributed by atoms with E-state index in [1.807, 2.05) is 0 Å². The van der Waals surface area contributed by atoms with Crippen molar-refractivity contribution in [3.63, 3.8) is 0 Å². The molecular formula is C12H10N2O4. The molecule has 0 saturated carbocycles. The highest BCUT2D eigenvalue weighted by atomic mass is 16.7. The van der Waals surface area contributed by atoms with Crippen LogP contribution in [-0.4, -0.2) is 11.8 Å². The first kappa shape index (κ1) is 11.8. The zero-order chi connectivity index (χ0) is 13.1. The van der Waals surface area contributed by atoms with Crippen LogP contribution in [0.5, 0.6) is 0 Å². The summed E-state index contributed by atoms with van der Waals surface area (Å²) in [5, 5.41) is 4.07. The number of nitrogens with zero attached hydrogens (tertiary/aromatic N) is 1. The lowest BCUT2D eigenvalue weighted by molar-refractivity contribution is -0.140. The number of hydrogen-bond acceptors (Lipinski definition) is 5. The molecule has 0 aliphatic rings. The quantitative estimate of drug-likeness (QED) is 0.280. The Morgan fingerprint density at radius 2 is 2.11 bits per heavy atom. The number of carbonyl (C=O) groups is 1. The number of amidine groups is 1. The molecule has 1 aromatic carbocycles. The SMILES string of the molecule is CC(=O)O/N=C(/N)c1cc(=O)oc2ccccc12. The third-order valence-electron chi connectivity index (χ3n) is 2.20. The predicted molar refractivity (Wildman–Crippen MR) is 65.0 cm³/mol. The number of benzene rings is 1. The summed E-state index contributed by atoms with van der Waals surface area (Å²) in [5.74, 6) is -0.653. The third kappa shape index (κ3) is 2.37. The molecule has 2 aromatic rings. The number of fused-ring (bicyclic) bond motifs is 1. The number of carbonyl (C=O) groups excluding carboxylic acids is 1. The Kier molecular flexibility index (Phi) is 3.09. The van der Waals surface area contributed by atoms with Gasteiger partial charge in [0.1, 0.15) is 5.58 Å². The van der Waals surface area contributed by atoms with Crippen LogP contribution < -0.4 is 11.4 Å². The van der Waals surface area contributed by atoms with Gasteiger partial charge >= 0.3 is 11.6 Å². The highest BCUT2D eigenvalue weighted by molar-refractivity contribution is 6.07. The minimum atomic E-state index is -0.592. The number of nitrogens with two attached hydrogens (primary N) is 1. The molecule has 92 valence electrons. The lowest BCUT2D eigenvalue weighted by Gasteiger charge is -2.03. The van der Waals surface area contributed by atoms with Crippen molar-refractivity contribution < 1.29 is 14.0 Å². The van der Waals surface area contributed by atoms with Gasteiger partial charge in [-0.15, -0.1) is 0 Å². The maximum absolute atomic E-state index is 11.4. The van der Waals surface area contributed by atoms with Crippen molar-refractivity contribution in [2.75, 3.05) is 0 Å². The normalized spacial score (nSPS) is 11.5. The molecule has 0 aliphatic heterocycles. The first-order chi connectivity index (χ1) is 8.58. The summed E-state index contributed by atoms with van der Waals surface area (Å²) < 4.78 is 5.00. The fourth-order valence-corrected chi connectivity index (χ4v) is 1.49. The van der Waals surface area contributed by atoms with E-state index in [-0.39, 0.29) is 5.84 Å². The van der Waals surface area contributed by atoms with Gasteiger partial charge in [-0.2, -0.15) is 0 Å². The van der Waals surface area contributed by atoms with Gasteiger partial charge in [0.2, 0.25) is 0 Å². The second kappa shape index (κ2) is 4.70. The van der Waals surface area contributed by atoms with E-state index < -0.39 is 11.6 Å². The summed E-state index contributed by atoms with van der Waals surface area (Å²) >= 11 is 0. The van der Waals surface area contributed by atoms with E-state index >= 15 is 0 Å². The van der Waals surface area contributed by atoms with E-state index in [1.54, 1.807) is 24.3 Å². The van der Waals surface area contributed by atoms with Crippen molar-refractivity contribution >= 4 is 22.8 Å². The summed E-state index contributed by atoms with van der Waals surface area (Å²) in [7, 11) is 0. The lowest BCUT2D eigenvalue weighted by Crippen LogP contribution is -2.17. The van der Waals surface area contributed by atoms with Crippen molar-refractivity contribution in [1.29, 1.82) is 0 Å². The molecule has 0 spiro atoms. The zero-order valence-electron chi connectivity index (χ0n) is 9.54. The van der Waals surface area contributed by atoms with Gasteiger partial charge in [-0.1, -0.05) is 23.4 Å². The van der Waals surface area contributed by atoms with Gasteiger partial charge in [-0.25, -0.2) is 9.59 Å². The van der Waals surface area contributed by atoms with E-state index in [9.17, 15) is 9.59 Å². The predicted octanol–water partition coefficient (Wildman–Crippen LogP) is 0.976. The number of rotatable bonds is 2. The number of oxime groups is 1. The Bertz CT molecular complexity index is 688. The van der Waals surface area contributed by atoms with Crippen LogP contribution in [0.25, 0.3) is 11.0 Å². The van der Waals surface area contributed by atoms with Gasteiger partial charge in [0, 0.05) is 23.9 Å². The second-order valence-electron chi connectivity index (χ2n) is 3.53. The van der Waals surface area contributed by atoms with Gasteiger partial charge < -0.3 is 15.0 Å². The van der Waals surface area contributed by atoms with Crippen molar-refractivity contribution in [1.82, 2.24) is 0 Å². The maximum Gasteiger partial charge on any atom is 0.336 e. The topological polar surface area (TPSA) is 94.9 Å². The van der Waals surface area contributed by atoms with Gasteiger partial charge in [0.15, 0.2) is 5.84 Å². The molecule has 0 bridgehead atoms. The molecule has 6 nitrogen and oxygen atoms in total. The highest BCUT2D eigenvalue weighted by Crippen LogP contribution is 2.16. The Morgan fingerprint density at radius 3 is 2.83 bits per heavy atom.